The van der Waals surface area contributed by atoms with E-state index in [2.05, 4.69) is 4.74 Å². The zero-order valence-electron chi connectivity index (χ0n) is 8.84. The summed E-state index contributed by atoms with van der Waals surface area (Å²) < 4.78 is 43.2. The van der Waals surface area contributed by atoms with Gasteiger partial charge in [-0.05, 0) is 0 Å². The Morgan fingerprint density at radius 1 is 1.47 bits per heavy atom. The van der Waals surface area contributed by atoms with Crippen LogP contribution in [0.25, 0.3) is 0 Å². The van der Waals surface area contributed by atoms with Gasteiger partial charge in [-0.2, -0.15) is 0 Å². The number of aromatic hydroxyl groups is 1. The van der Waals surface area contributed by atoms with E-state index in [1.807, 2.05) is 0 Å². The molecule has 7 heteroatoms. The molecule has 0 saturated heterocycles. The molecule has 4 nitrogen and oxygen atoms in total. The molecule has 0 heterocycles. The van der Waals surface area contributed by atoms with Crippen molar-refractivity contribution in [1.29, 1.82) is 0 Å². The van der Waals surface area contributed by atoms with E-state index in [-0.39, 0.29) is 0 Å². The van der Waals surface area contributed by atoms with Crippen LogP contribution >= 0.6 is 0 Å². The minimum Gasteiger partial charge on any atom is -0.507 e. The smallest absolute Gasteiger partial charge is 0.307 e. The lowest BCUT2D eigenvalue weighted by Gasteiger charge is -2.14. The van der Waals surface area contributed by atoms with Crippen LogP contribution in [0.15, 0.2) is 6.07 Å². The highest BCUT2D eigenvalue weighted by atomic mass is 19.2. The summed E-state index contributed by atoms with van der Waals surface area (Å²) in [6.07, 6.45) is -0.466. The molecule has 0 aliphatic rings. The van der Waals surface area contributed by atoms with Crippen LogP contribution in [0.4, 0.5) is 13.2 Å². The highest BCUT2D eigenvalue weighted by Crippen LogP contribution is 2.30. The molecule has 1 aromatic carbocycles. The Balaban J connectivity index is 3.13. The number of hydrogen-bond acceptors (Lipinski definition) is 4. The highest BCUT2D eigenvalue weighted by Gasteiger charge is 2.24. The van der Waals surface area contributed by atoms with Crippen LogP contribution in [0.2, 0.25) is 0 Å². The molecule has 0 amide bonds. The van der Waals surface area contributed by atoms with E-state index in [4.69, 9.17) is 5.73 Å². The number of esters is 1. The van der Waals surface area contributed by atoms with Crippen LogP contribution in [0, 0.1) is 17.5 Å². The van der Waals surface area contributed by atoms with Gasteiger partial charge in [-0.3, -0.25) is 4.79 Å². The topological polar surface area (TPSA) is 72.5 Å². The summed E-state index contributed by atoms with van der Waals surface area (Å²) in [7, 11) is 1.09. The summed E-state index contributed by atoms with van der Waals surface area (Å²) in [5.74, 6) is -6.51. The zero-order chi connectivity index (χ0) is 13.2. The molecule has 0 spiro atoms. The molecule has 0 saturated carbocycles. The lowest BCUT2D eigenvalue weighted by molar-refractivity contribution is -0.141. The third-order valence-corrected chi connectivity index (χ3v) is 2.16. The maximum atomic E-state index is 13.3. The van der Waals surface area contributed by atoms with Crippen molar-refractivity contribution in [2.75, 3.05) is 7.11 Å². The van der Waals surface area contributed by atoms with Crippen LogP contribution in [-0.2, 0) is 9.53 Å². The second-order valence-corrected chi connectivity index (χ2v) is 3.31. The van der Waals surface area contributed by atoms with E-state index >= 15 is 0 Å². The molecule has 0 aliphatic heterocycles. The number of carbonyl (C=O) groups excluding carboxylic acids is 1. The maximum Gasteiger partial charge on any atom is 0.307 e. The van der Waals surface area contributed by atoms with Crippen molar-refractivity contribution in [2.24, 2.45) is 5.73 Å². The molecule has 0 aliphatic carbocycles. The Bertz CT molecular complexity index is 451. The number of methoxy groups -OCH3 is 1. The normalized spacial score (nSPS) is 12.3. The van der Waals surface area contributed by atoms with Crippen molar-refractivity contribution in [3.63, 3.8) is 0 Å². The van der Waals surface area contributed by atoms with Crippen molar-refractivity contribution in [3.8, 4) is 5.75 Å². The number of halogens is 3. The van der Waals surface area contributed by atoms with Gasteiger partial charge in [-0.1, -0.05) is 0 Å². The van der Waals surface area contributed by atoms with E-state index in [0.717, 1.165) is 7.11 Å². The molecule has 94 valence electrons. The van der Waals surface area contributed by atoms with Crippen LogP contribution in [0.5, 0.6) is 5.75 Å². The number of rotatable bonds is 3. The van der Waals surface area contributed by atoms with Gasteiger partial charge in [0.05, 0.1) is 19.1 Å². The lowest BCUT2D eigenvalue weighted by atomic mass is 10.0. The quantitative estimate of drug-likeness (QED) is 0.627. The average Bonchev–Trinajstić information content (AvgIpc) is 2.25. The SMILES string of the molecule is COC(=O)C[C@H](N)c1c(O)cc(F)c(F)c1F. The van der Waals surface area contributed by atoms with Crippen molar-refractivity contribution < 1.29 is 27.8 Å². The highest BCUT2D eigenvalue weighted by molar-refractivity contribution is 5.70. The molecule has 1 rings (SSSR count). The van der Waals surface area contributed by atoms with E-state index < -0.39 is 47.2 Å². The molecule has 0 aromatic heterocycles. The Hall–Kier alpha value is -1.76. The molecule has 1 atom stereocenters. The van der Waals surface area contributed by atoms with E-state index in [1.54, 1.807) is 0 Å². The minimum atomic E-state index is -1.75. The number of nitrogens with two attached hydrogens (primary N) is 1. The minimum absolute atomic E-state index is 0.394. The standard InChI is InChI=1S/C10H10F3NO3/c1-17-7(16)3-5(14)8-6(15)2-4(11)9(12)10(8)13/h2,5,15H,3,14H2,1H3/t5-/m0/s1. The monoisotopic (exact) mass is 249 g/mol. The van der Waals surface area contributed by atoms with Crippen molar-refractivity contribution in [2.45, 2.75) is 12.5 Å². The molecule has 0 bridgehead atoms. The average molecular weight is 249 g/mol. The van der Waals surface area contributed by atoms with Gasteiger partial charge in [0, 0.05) is 12.1 Å². The third-order valence-electron chi connectivity index (χ3n) is 2.16. The Morgan fingerprint density at radius 2 is 2.06 bits per heavy atom. The molecule has 1 aromatic rings. The summed E-state index contributed by atoms with van der Waals surface area (Å²) in [5.41, 5.74) is 4.74. The van der Waals surface area contributed by atoms with Crippen molar-refractivity contribution >= 4 is 5.97 Å². The van der Waals surface area contributed by atoms with E-state index in [0.29, 0.717) is 6.07 Å². The maximum absolute atomic E-state index is 13.3. The Morgan fingerprint density at radius 3 is 2.59 bits per heavy atom. The Kier molecular flexibility index (Phi) is 3.95. The molecule has 17 heavy (non-hydrogen) atoms. The van der Waals surface area contributed by atoms with Crippen molar-refractivity contribution in [1.82, 2.24) is 0 Å². The van der Waals surface area contributed by atoms with Crippen LogP contribution in [0.3, 0.4) is 0 Å². The summed E-state index contributed by atoms with van der Waals surface area (Å²) in [4.78, 5) is 10.9. The number of hydrogen-bond donors (Lipinski definition) is 2. The number of carbonyl (C=O) groups is 1. The third kappa shape index (κ3) is 2.68. The molecule has 3 N–H and O–H groups in total. The number of phenols is 1. The fourth-order valence-corrected chi connectivity index (χ4v) is 1.31. The first kappa shape index (κ1) is 13.3. The van der Waals surface area contributed by atoms with Gasteiger partial charge in [-0.25, -0.2) is 13.2 Å². The number of ether oxygens (including phenoxy) is 1. The number of phenolic OH excluding ortho intramolecular Hbond substituents is 1. The van der Waals surface area contributed by atoms with Crippen LogP contribution < -0.4 is 5.73 Å². The Labute approximate surface area is 94.8 Å². The van der Waals surface area contributed by atoms with Gasteiger partial charge >= 0.3 is 5.97 Å². The summed E-state index contributed by atoms with van der Waals surface area (Å²) in [6, 6.07) is -0.928. The predicted octanol–water partition coefficient (Wildman–Crippen LogP) is 1.37. The second kappa shape index (κ2) is 5.05. The molecule has 0 fully saturated rings. The van der Waals surface area contributed by atoms with Gasteiger partial charge in [0.2, 0.25) is 0 Å². The van der Waals surface area contributed by atoms with E-state index in [9.17, 15) is 23.1 Å². The first-order valence-corrected chi connectivity index (χ1v) is 4.57. The molecular formula is C10H10F3NO3. The van der Waals surface area contributed by atoms with Gasteiger partial charge in [-0.15, -0.1) is 0 Å². The van der Waals surface area contributed by atoms with Gasteiger partial charge in [0.1, 0.15) is 5.75 Å². The zero-order valence-corrected chi connectivity index (χ0v) is 8.84. The molecule has 0 radical (unpaired) electrons. The predicted molar refractivity (Wildman–Crippen MR) is 51.5 cm³/mol. The molecule has 0 unspecified atom stereocenters. The van der Waals surface area contributed by atoms with Gasteiger partial charge < -0.3 is 15.6 Å². The fraction of sp³-hybridized carbons (Fsp3) is 0.300. The summed E-state index contributed by atoms with van der Waals surface area (Å²) in [6.45, 7) is 0. The first-order valence-electron chi connectivity index (χ1n) is 4.57. The van der Waals surface area contributed by atoms with Crippen LogP contribution in [0.1, 0.15) is 18.0 Å². The number of benzene rings is 1. The largest absolute Gasteiger partial charge is 0.507 e. The lowest BCUT2D eigenvalue weighted by Crippen LogP contribution is -2.18. The summed E-state index contributed by atoms with van der Waals surface area (Å²) >= 11 is 0. The van der Waals surface area contributed by atoms with Gasteiger partial charge in [0.15, 0.2) is 17.5 Å². The van der Waals surface area contributed by atoms with Gasteiger partial charge in [0.25, 0.3) is 0 Å². The van der Waals surface area contributed by atoms with Crippen molar-refractivity contribution in [3.05, 3.63) is 29.1 Å². The molecular weight excluding hydrogens is 239 g/mol. The first-order chi connectivity index (χ1) is 7.88. The van der Waals surface area contributed by atoms with E-state index in [1.165, 1.54) is 0 Å². The van der Waals surface area contributed by atoms with Crippen LogP contribution in [-0.4, -0.2) is 18.2 Å². The summed E-state index contributed by atoms with van der Waals surface area (Å²) in [5, 5.41) is 9.27. The second-order valence-electron chi connectivity index (χ2n) is 3.31. The fourth-order valence-electron chi connectivity index (χ4n) is 1.31.